The van der Waals surface area contributed by atoms with Gasteiger partial charge in [-0.05, 0) is 49.6 Å². The molecule has 0 radical (unpaired) electrons. The highest BCUT2D eigenvalue weighted by atomic mass is 79.9. The molecule has 5 heteroatoms. The van der Waals surface area contributed by atoms with E-state index in [0.29, 0.717) is 17.6 Å². The summed E-state index contributed by atoms with van der Waals surface area (Å²) in [6.45, 7) is 3.28. The van der Waals surface area contributed by atoms with Crippen LogP contribution >= 0.6 is 15.9 Å². The van der Waals surface area contributed by atoms with Gasteiger partial charge in [0.25, 0.3) is 0 Å². The van der Waals surface area contributed by atoms with Crippen LogP contribution in [0.4, 0.5) is 0 Å². The van der Waals surface area contributed by atoms with Crippen molar-refractivity contribution in [2.45, 2.75) is 25.8 Å². The van der Waals surface area contributed by atoms with Crippen LogP contribution in [0, 0.1) is 5.92 Å². The molecule has 1 saturated heterocycles. The lowest BCUT2D eigenvalue weighted by atomic mass is 9.94. The van der Waals surface area contributed by atoms with E-state index in [9.17, 15) is 0 Å². The number of halogens is 1. The maximum Gasteiger partial charge on any atom is 0.244 e. The summed E-state index contributed by atoms with van der Waals surface area (Å²) < 4.78 is 6.45. The van der Waals surface area contributed by atoms with Crippen LogP contribution in [0.1, 0.15) is 31.7 Å². The first kappa shape index (κ1) is 12.8. The Morgan fingerprint density at radius 1 is 1.32 bits per heavy atom. The van der Waals surface area contributed by atoms with E-state index >= 15 is 0 Å². The quantitative estimate of drug-likeness (QED) is 0.918. The molecule has 0 spiro atoms. The van der Waals surface area contributed by atoms with Crippen molar-refractivity contribution in [1.82, 2.24) is 15.5 Å². The van der Waals surface area contributed by atoms with E-state index in [1.807, 2.05) is 24.3 Å². The monoisotopic (exact) mass is 321 g/mol. The molecule has 2 atom stereocenters. The molecule has 1 aromatic carbocycles. The van der Waals surface area contributed by atoms with Gasteiger partial charge >= 0.3 is 0 Å². The molecular weight excluding hydrogens is 306 g/mol. The van der Waals surface area contributed by atoms with E-state index in [-0.39, 0.29) is 6.04 Å². The van der Waals surface area contributed by atoms with E-state index in [4.69, 9.17) is 4.52 Å². The zero-order chi connectivity index (χ0) is 13.2. The van der Waals surface area contributed by atoms with Gasteiger partial charge in [0, 0.05) is 10.0 Å². The smallest absolute Gasteiger partial charge is 0.244 e. The second-order valence-corrected chi connectivity index (χ2v) is 6.02. The van der Waals surface area contributed by atoms with Gasteiger partial charge in [0.05, 0.1) is 6.04 Å². The average Bonchev–Trinajstić information content (AvgIpc) is 2.89. The molecule has 19 heavy (non-hydrogen) atoms. The molecule has 0 aliphatic carbocycles. The van der Waals surface area contributed by atoms with Crippen molar-refractivity contribution in [2.24, 2.45) is 5.92 Å². The molecule has 4 nitrogen and oxygen atoms in total. The molecule has 1 aliphatic heterocycles. The van der Waals surface area contributed by atoms with Gasteiger partial charge in [0.1, 0.15) is 0 Å². The standard InChI is InChI=1S/C14H16BrN3O/c1-9-6-7-16-12(8-9)14-17-13(18-19-14)10-2-4-11(15)5-3-10/h2-5,9,12,16H,6-8H2,1H3. The number of hydrogen-bond donors (Lipinski definition) is 1. The largest absolute Gasteiger partial charge is 0.337 e. The van der Waals surface area contributed by atoms with Gasteiger partial charge in [-0.1, -0.05) is 28.0 Å². The first-order valence-electron chi connectivity index (χ1n) is 6.55. The van der Waals surface area contributed by atoms with Crippen LogP contribution in [-0.2, 0) is 0 Å². The second kappa shape index (κ2) is 5.43. The van der Waals surface area contributed by atoms with Gasteiger partial charge in [-0.3, -0.25) is 0 Å². The van der Waals surface area contributed by atoms with Gasteiger partial charge < -0.3 is 9.84 Å². The average molecular weight is 322 g/mol. The van der Waals surface area contributed by atoms with Crippen molar-refractivity contribution in [3.8, 4) is 11.4 Å². The van der Waals surface area contributed by atoms with Gasteiger partial charge in [-0.15, -0.1) is 0 Å². The molecule has 0 saturated carbocycles. The first-order valence-corrected chi connectivity index (χ1v) is 7.34. The Bertz CT molecular complexity index is 552. The van der Waals surface area contributed by atoms with E-state index in [0.717, 1.165) is 23.0 Å². The maximum atomic E-state index is 5.40. The van der Waals surface area contributed by atoms with Crippen molar-refractivity contribution < 1.29 is 4.52 Å². The zero-order valence-corrected chi connectivity index (χ0v) is 12.4. The SMILES string of the molecule is CC1CCNC(c2nc(-c3ccc(Br)cc3)no2)C1. The fourth-order valence-corrected chi connectivity index (χ4v) is 2.65. The first-order chi connectivity index (χ1) is 9.22. The van der Waals surface area contributed by atoms with Crippen molar-refractivity contribution in [3.05, 3.63) is 34.6 Å². The van der Waals surface area contributed by atoms with Crippen LogP contribution in [0.25, 0.3) is 11.4 Å². The fourth-order valence-electron chi connectivity index (χ4n) is 2.39. The minimum Gasteiger partial charge on any atom is -0.337 e. The van der Waals surface area contributed by atoms with Crippen LogP contribution in [0.3, 0.4) is 0 Å². The summed E-state index contributed by atoms with van der Waals surface area (Å²) in [6.07, 6.45) is 2.27. The molecule has 1 aliphatic rings. The molecule has 1 fully saturated rings. The lowest BCUT2D eigenvalue weighted by molar-refractivity contribution is 0.260. The predicted molar refractivity (Wildman–Crippen MR) is 76.6 cm³/mol. The summed E-state index contributed by atoms with van der Waals surface area (Å²) in [5, 5.41) is 7.51. The van der Waals surface area contributed by atoms with Crippen LogP contribution in [0.2, 0.25) is 0 Å². The highest BCUT2D eigenvalue weighted by Gasteiger charge is 2.24. The summed E-state index contributed by atoms with van der Waals surface area (Å²) in [4.78, 5) is 4.51. The van der Waals surface area contributed by atoms with Crippen LogP contribution in [0.15, 0.2) is 33.3 Å². The van der Waals surface area contributed by atoms with Gasteiger partial charge in [0.2, 0.25) is 11.7 Å². The molecule has 0 amide bonds. The fraction of sp³-hybridized carbons (Fsp3) is 0.429. The number of piperidine rings is 1. The highest BCUT2D eigenvalue weighted by Crippen LogP contribution is 2.27. The van der Waals surface area contributed by atoms with Gasteiger partial charge in [-0.25, -0.2) is 0 Å². The third-order valence-corrected chi connectivity index (χ3v) is 4.04. The third-order valence-electron chi connectivity index (χ3n) is 3.51. The summed E-state index contributed by atoms with van der Waals surface area (Å²) in [6, 6.07) is 8.12. The van der Waals surface area contributed by atoms with E-state index in [2.05, 4.69) is 38.3 Å². The van der Waals surface area contributed by atoms with Crippen molar-refractivity contribution in [1.29, 1.82) is 0 Å². The van der Waals surface area contributed by atoms with Gasteiger partial charge in [0.15, 0.2) is 0 Å². The van der Waals surface area contributed by atoms with Crippen LogP contribution in [-0.4, -0.2) is 16.7 Å². The molecule has 2 unspecified atom stereocenters. The normalized spacial score (nSPS) is 23.5. The van der Waals surface area contributed by atoms with Gasteiger partial charge in [-0.2, -0.15) is 4.98 Å². The lowest BCUT2D eigenvalue weighted by Gasteiger charge is -2.25. The molecule has 100 valence electrons. The summed E-state index contributed by atoms with van der Waals surface area (Å²) in [5.41, 5.74) is 0.974. The number of nitrogens with one attached hydrogen (secondary N) is 1. The summed E-state index contributed by atoms with van der Waals surface area (Å²) in [5.74, 6) is 2.06. The van der Waals surface area contributed by atoms with Crippen molar-refractivity contribution in [3.63, 3.8) is 0 Å². The highest BCUT2D eigenvalue weighted by molar-refractivity contribution is 9.10. The molecular formula is C14H16BrN3O. The number of hydrogen-bond acceptors (Lipinski definition) is 4. The van der Waals surface area contributed by atoms with E-state index in [1.165, 1.54) is 6.42 Å². The molecule has 3 rings (SSSR count). The zero-order valence-electron chi connectivity index (χ0n) is 10.8. The Morgan fingerprint density at radius 3 is 2.84 bits per heavy atom. The summed E-state index contributed by atoms with van der Waals surface area (Å²) >= 11 is 3.42. The Labute approximate surface area is 120 Å². The van der Waals surface area contributed by atoms with Crippen LogP contribution < -0.4 is 5.32 Å². The minimum atomic E-state index is 0.195. The Kier molecular flexibility index (Phi) is 3.66. The molecule has 2 aromatic rings. The Balaban J connectivity index is 1.81. The lowest BCUT2D eigenvalue weighted by Crippen LogP contribution is -2.30. The van der Waals surface area contributed by atoms with Crippen molar-refractivity contribution in [2.75, 3.05) is 6.54 Å². The number of aromatic nitrogens is 2. The molecule has 1 N–H and O–H groups in total. The summed E-state index contributed by atoms with van der Waals surface area (Å²) in [7, 11) is 0. The van der Waals surface area contributed by atoms with Crippen LogP contribution in [0.5, 0.6) is 0 Å². The number of rotatable bonds is 2. The maximum absolute atomic E-state index is 5.40. The Morgan fingerprint density at radius 2 is 2.11 bits per heavy atom. The van der Waals surface area contributed by atoms with E-state index < -0.39 is 0 Å². The topological polar surface area (TPSA) is 51.0 Å². The minimum absolute atomic E-state index is 0.195. The number of nitrogens with zero attached hydrogens (tertiary/aromatic N) is 2. The molecule has 0 bridgehead atoms. The molecule has 2 heterocycles. The van der Waals surface area contributed by atoms with E-state index in [1.54, 1.807) is 0 Å². The number of benzene rings is 1. The third kappa shape index (κ3) is 2.87. The Hall–Kier alpha value is -1.20. The molecule has 1 aromatic heterocycles. The predicted octanol–water partition coefficient (Wildman–Crippen LogP) is 3.56. The van der Waals surface area contributed by atoms with Crippen molar-refractivity contribution >= 4 is 15.9 Å². The second-order valence-electron chi connectivity index (χ2n) is 5.10.